The molecule has 0 saturated heterocycles. The number of methoxy groups -OCH3 is 2. The fraction of sp³-hybridized carbons (Fsp3) is 0.294. The molecule has 0 aliphatic rings. The van der Waals surface area contributed by atoms with Gasteiger partial charge in [-0.1, -0.05) is 29.8 Å². The zero-order chi connectivity index (χ0) is 16.1. The molecule has 0 aliphatic carbocycles. The van der Waals surface area contributed by atoms with E-state index in [9.17, 15) is 4.79 Å². The summed E-state index contributed by atoms with van der Waals surface area (Å²) in [5, 5.41) is 0. The summed E-state index contributed by atoms with van der Waals surface area (Å²) in [4.78, 5) is 18.0. The normalized spacial score (nSPS) is 10.2. The smallest absolute Gasteiger partial charge is 0.343 e. The van der Waals surface area contributed by atoms with Gasteiger partial charge in [0.05, 0.1) is 14.2 Å². The molecule has 0 unspecified atom stereocenters. The highest BCUT2D eigenvalue weighted by Gasteiger charge is 2.16. The van der Waals surface area contributed by atoms with Gasteiger partial charge in [0.2, 0.25) is 5.88 Å². The summed E-state index contributed by atoms with van der Waals surface area (Å²) in [5.74, 6) is 0.530. The van der Waals surface area contributed by atoms with Crippen molar-refractivity contribution in [2.45, 2.75) is 13.5 Å². The molecule has 0 amide bonds. The van der Waals surface area contributed by atoms with Crippen molar-refractivity contribution < 1.29 is 14.3 Å². The lowest BCUT2D eigenvalue weighted by Gasteiger charge is -2.19. The van der Waals surface area contributed by atoms with E-state index in [1.807, 2.05) is 11.9 Å². The van der Waals surface area contributed by atoms with E-state index in [4.69, 9.17) is 9.47 Å². The van der Waals surface area contributed by atoms with E-state index >= 15 is 0 Å². The second-order valence-electron chi connectivity index (χ2n) is 5.06. The molecule has 1 aromatic carbocycles. The van der Waals surface area contributed by atoms with Crippen molar-refractivity contribution in [3.8, 4) is 5.88 Å². The fourth-order valence-electron chi connectivity index (χ4n) is 2.11. The van der Waals surface area contributed by atoms with Gasteiger partial charge in [-0.3, -0.25) is 0 Å². The lowest BCUT2D eigenvalue weighted by atomic mass is 10.1. The average Bonchev–Trinajstić information content (AvgIpc) is 2.55. The van der Waals surface area contributed by atoms with Crippen molar-refractivity contribution >= 4 is 11.8 Å². The molecule has 0 spiro atoms. The Hall–Kier alpha value is -2.56. The minimum atomic E-state index is -0.461. The number of hydrogen-bond donors (Lipinski definition) is 0. The Labute approximate surface area is 130 Å². The van der Waals surface area contributed by atoms with E-state index in [0.29, 0.717) is 12.1 Å². The molecule has 22 heavy (non-hydrogen) atoms. The lowest BCUT2D eigenvalue weighted by Crippen LogP contribution is -2.18. The number of hydrogen-bond acceptors (Lipinski definition) is 5. The van der Waals surface area contributed by atoms with E-state index in [0.717, 1.165) is 5.82 Å². The molecule has 0 radical (unpaired) electrons. The van der Waals surface area contributed by atoms with Gasteiger partial charge >= 0.3 is 5.97 Å². The maximum absolute atomic E-state index is 11.6. The molecule has 116 valence electrons. The predicted molar refractivity (Wildman–Crippen MR) is 85.4 cm³/mol. The molecule has 2 aromatic rings. The summed E-state index contributed by atoms with van der Waals surface area (Å²) < 4.78 is 9.90. The zero-order valence-electron chi connectivity index (χ0n) is 13.3. The first-order valence-electron chi connectivity index (χ1n) is 6.95. The van der Waals surface area contributed by atoms with E-state index in [-0.39, 0.29) is 5.88 Å². The molecule has 1 heterocycles. The number of esters is 1. The summed E-state index contributed by atoms with van der Waals surface area (Å²) in [7, 11) is 4.76. The van der Waals surface area contributed by atoms with Crippen LogP contribution in [0.4, 0.5) is 5.82 Å². The number of ether oxygens (including phenoxy) is 2. The van der Waals surface area contributed by atoms with E-state index in [1.165, 1.54) is 25.3 Å². The molecule has 0 aliphatic heterocycles. The van der Waals surface area contributed by atoms with Crippen molar-refractivity contribution in [2.75, 3.05) is 26.2 Å². The minimum absolute atomic E-state index is 0.264. The third kappa shape index (κ3) is 3.55. The summed E-state index contributed by atoms with van der Waals surface area (Å²) >= 11 is 0. The van der Waals surface area contributed by atoms with Crippen LogP contribution < -0.4 is 9.64 Å². The van der Waals surface area contributed by atoms with Crippen LogP contribution in [0, 0.1) is 6.92 Å². The third-order valence-corrected chi connectivity index (χ3v) is 3.38. The molecule has 0 atom stereocenters. The Bertz CT molecular complexity index is 653. The fourth-order valence-corrected chi connectivity index (χ4v) is 2.11. The molecule has 0 N–H and O–H groups in total. The summed E-state index contributed by atoms with van der Waals surface area (Å²) in [6.07, 6.45) is 0. The number of carbonyl (C=O) groups excluding carboxylic acids is 1. The number of anilines is 1. The Morgan fingerprint density at radius 2 is 1.82 bits per heavy atom. The van der Waals surface area contributed by atoms with E-state index in [1.54, 1.807) is 12.1 Å². The van der Waals surface area contributed by atoms with Crippen LogP contribution >= 0.6 is 0 Å². The maximum Gasteiger partial charge on any atom is 0.343 e. The molecule has 0 bridgehead atoms. The van der Waals surface area contributed by atoms with Crippen molar-refractivity contribution in [2.24, 2.45) is 0 Å². The largest absolute Gasteiger partial charge is 0.480 e. The summed E-state index contributed by atoms with van der Waals surface area (Å²) in [6.45, 7) is 2.78. The number of benzene rings is 1. The van der Waals surface area contributed by atoms with Crippen LogP contribution in [0.3, 0.4) is 0 Å². The second kappa shape index (κ2) is 6.93. The van der Waals surface area contributed by atoms with Gasteiger partial charge in [0, 0.05) is 13.6 Å². The Morgan fingerprint density at radius 3 is 2.41 bits per heavy atom. The highest BCUT2D eigenvalue weighted by molar-refractivity contribution is 5.92. The molecular weight excluding hydrogens is 280 g/mol. The molecule has 5 nitrogen and oxygen atoms in total. The average molecular weight is 300 g/mol. The number of pyridine rings is 1. The highest BCUT2D eigenvalue weighted by atomic mass is 16.5. The molecule has 2 rings (SSSR count). The number of rotatable bonds is 5. The van der Waals surface area contributed by atoms with Gasteiger partial charge in [0.25, 0.3) is 0 Å². The summed E-state index contributed by atoms with van der Waals surface area (Å²) in [6, 6.07) is 11.8. The van der Waals surface area contributed by atoms with Gasteiger partial charge in [0.1, 0.15) is 11.4 Å². The van der Waals surface area contributed by atoms with E-state index < -0.39 is 5.97 Å². The van der Waals surface area contributed by atoms with Crippen LogP contribution in [0.5, 0.6) is 5.88 Å². The SMILES string of the molecule is COC(=O)c1ccc(N(C)Cc2ccc(C)cc2)nc1OC. The minimum Gasteiger partial charge on any atom is -0.480 e. The van der Waals surface area contributed by atoms with Crippen LogP contribution in [0.15, 0.2) is 36.4 Å². The molecule has 1 aromatic heterocycles. The van der Waals surface area contributed by atoms with Crippen LogP contribution in [0.2, 0.25) is 0 Å². The van der Waals surface area contributed by atoms with Crippen molar-refractivity contribution in [3.63, 3.8) is 0 Å². The first kappa shape index (κ1) is 15.8. The number of nitrogens with zero attached hydrogens (tertiary/aromatic N) is 2. The topological polar surface area (TPSA) is 51.7 Å². The number of aromatic nitrogens is 1. The van der Waals surface area contributed by atoms with Crippen molar-refractivity contribution in [1.82, 2.24) is 4.98 Å². The van der Waals surface area contributed by atoms with Gasteiger partial charge < -0.3 is 14.4 Å². The summed E-state index contributed by atoms with van der Waals surface area (Å²) in [5.41, 5.74) is 2.73. The lowest BCUT2D eigenvalue weighted by molar-refractivity contribution is 0.0596. The van der Waals surface area contributed by atoms with Gasteiger partial charge in [0.15, 0.2) is 0 Å². The number of aryl methyl sites for hydroxylation is 1. The third-order valence-electron chi connectivity index (χ3n) is 3.38. The maximum atomic E-state index is 11.6. The number of carbonyl (C=O) groups is 1. The van der Waals surface area contributed by atoms with Crippen LogP contribution in [-0.2, 0) is 11.3 Å². The monoisotopic (exact) mass is 300 g/mol. The van der Waals surface area contributed by atoms with Gasteiger partial charge in [-0.25, -0.2) is 4.79 Å². The van der Waals surface area contributed by atoms with Crippen LogP contribution in [-0.4, -0.2) is 32.2 Å². The zero-order valence-corrected chi connectivity index (χ0v) is 13.3. The van der Waals surface area contributed by atoms with Gasteiger partial charge in [-0.05, 0) is 24.6 Å². The Kier molecular flexibility index (Phi) is 4.99. The quantitative estimate of drug-likeness (QED) is 0.795. The first-order chi connectivity index (χ1) is 10.5. The van der Waals surface area contributed by atoms with Gasteiger partial charge in [-0.2, -0.15) is 4.98 Å². The first-order valence-corrected chi connectivity index (χ1v) is 6.95. The van der Waals surface area contributed by atoms with Crippen molar-refractivity contribution in [1.29, 1.82) is 0 Å². The predicted octanol–water partition coefficient (Wildman–Crippen LogP) is 2.82. The Balaban J connectivity index is 2.20. The highest BCUT2D eigenvalue weighted by Crippen LogP contribution is 2.22. The van der Waals surface area contributed by atoms with Crippen LogP contribution in [0.1, 0.15) is 21.5 Å². The van der Waals surface area contributed by atoms with Gasteiger partial charge in [-0.15, -0.1) is 0 Å². The molecule has 0 saturated carbocycles. The second-order valence-corrected chi connectivity index (χ2v) is 5.06. The van der Waals surface area contributed by atoms with Crippen molar-refractivity contribution in [3.05, 3.63) is 53.1 Å². The van der Waals surface area contributed by atoms with Crippen LogP contribution in [0.25, 0.3) is 0 Å². The molecule has 5 heteroatoms. The molecule has 0 fully saturated rings. The standard InChI is InChI=1S/C17H20N2O3/c1-12-5-7-13(8-6-12)11-19(2)15-10-9-14(17(20)22-4)16(18-15)21-3/h5-10H,11H2,1-4H3. The molecular formula is C17H20N2O3. The van der Waals surface area contributed by atoms with E-state index in [2.05, 4.69) is 36.2 Å². The Morgan fingerprint density at radius 1 is 1.14 bits per heavy atom.